The zero-order valence-corrected chi connectivity index (χ0v) is 12.5. The fourth-order valence-corrected chi connectivity index (χ4v) is 2.94. The molecule has 0 saturated carbocycles. The molecule has 1 atom stereocenters. The van der Waals surface area contributed by atoms with E-state index in [4.69, 9.17) is 11.0 Å². The van der Waals surface area contributed by atoms with Gasteiger partial charge in [-0.25, -0.2) is 0 Å². The van der Waals surface area contributed by atoms with E-state index < -0.39 is 0 Å². The molecule has 108 valence electrons. The van der Waals surface area contributed by atoms with E-state index in [1.165, 1.54) is 12.1 Å². The summed E-state index contributed by atoms with van der Waals surface area (Å²) in [7, 11) is 2.19. The molecule has 0 radical (unpaired) electrons. The molecule has 1 saturated heterocycles. The van der Waals surface area contributed by atoms with Gasteiger partial charge in [0.2, 0.25) is 0 Å². The highest BCUT2D eigenvalue weighted by molar-refractivity contribution is 5.59. The van der Waals surface area contributed by atoms with Crippen molar-refractivity contribution in [2.75, 3.05) is 37.3 Å². The molecular weight excluding hydrogens is 248 g/mol. The molecule has 2 rings (SSSR count). The van der Waals surface area contributed by atoms with Gasteiger partial charge in [-0.2, -0.15) is 5.26 Å². The molecule has 20 heavy (non-hydrogen) atoms. The van der Waals surface area contributed by atoms with Crippen molar-refractivity contribution in [3.63, 3.8) is 0 Å². The van der Waals surface area contributed by atoms with Crippen LogP contribution in [0.5, 0.6) is 0 Å². The monoisotopic (exact) mass is 272 g/mol. The number of nitrogen functional groups attached to an aromatic ring is 1. The molecule has 0 aromatic heterocycles. The van der Waals surface area contributed by atoms with Gasteiger partial charge in [0.05, 0.1) is 12.5 Å². The van der Waals surface area contributed by atoms with Crippen LogP contribution in [0, 0.1) is 11.3 Å². The van der Waals surface area contributed by atoms with Crippen LogP contribution in [0.25, 0.3) is 0 Å². The van der Waals surface area contributed by atoms with Crippen LogP contribution in [0.4, 0.5) is 11.4 Å². The summed E-state index contributed by atoms with van der Waals surface area (Å²) in [6, 6.07) is 8.83. The summed E-state index contributed by atoms with van der Waals surface area (Å²) in [5.74, 6) is 0. The number of benzene rings is 1. The third-order valence-electron chi connectivity index (χ3n) is 4.10. The van der Waals surface area contributed by atoms with Gasteiger partial charge < -0.3 is 15.5 Å². The second-order valence-electron chi connectivity index (χ2n) is 5.59. The minimum atomic E-state index is 0.379. The lowest BCUT2D eigenvalue weighted by Gasteiger charge is -2.32. The second kappa shape index (κ2) is 6.62. The van der Waals surface area contributed by atoms with Gasteiger partial charge >= 0.3 is 0 Å². The summed E-state index contributed by atoms with van der Waals surface area (Å²) in [5.41, 5.74) is 8.81. The lowest BCUT2D eigenvalue weighted by molar-refractivity contribution is 0.328. The van der Waals surface area contributed by atoms with Gasteiger partial charge in [0.1, 0.15) is 0 Å². The molecular formula is C16H24N4. The summed E-state index contributed by atoms with van der Waals surface area (Å²) in [6.45, 7) is 5.55. The Bertz CT molecular complexity index is 492. The summed E-state index contributed by atoms with van der Waals surface area (Å²) in [6.07, 6.45) is 2.68. The van der Waals surface area contributed by atoms with Gasteiger partial charge in [-0.3, -0.25) is 0 Å². The van der Waals surface area contributed by atoms with Gasteiger partial charge in [-0.05, 0) is 50.2 Å². The van der Waals surface area contributed by atoms with Crippen molar-refractivity contribution in [1.82, 2.24) is 4.90 Å². The zero-order chi connectivity index (χ0) is 14.5. The van der Waals surface area contributed by atoms with Crippen LogP contribution in [-0.2, 0) is 6.42 Å². The first-order valence-corrected chi connectivity index (χ1v) is 7.36. The number of likely N-dealkylation sites (N-methyl/N-ethyl adjacent to an activating group) is 1. The van der Waals surface area contributed by atoms with Crippen molar-refractivity contribution < 1.29 is 0 Å². The Labute approximate surface area is 121 Å². The van der Waals surface area contributed by atoms with Crippen LogP contribution in [0.15, 0.2) is 18.2 Å². The average Bonchev–Trinajstić information content (AvgIpc) is 2.63. The first-order valence-electron chi connectivity index (χ1n) is 7.36. The predicted molar refractivity (Wildman–Crippen MR) is 83.7 cm³/mol. The Balaban J connectivity index is 2.28. The van der Waals surface area contributed by atoms with Crippen molar-refractivity contribution in [3.05, 3.63) is 23.8 Å². The quantitative estimate of drug-likeness (QED) is 0.858. The Morgan fingerprint density at radius 3 is 2.90 bits per heavy atom. The third-order valence-corrected chi connectivity index (χ3v) is 4.10. The largest absolute Gasteiger partial charge is 0.398 e. The van der Waals surface area contributed by atoms with E-state index in [-0.39, 0.29) is 0 Å². The number of nitrogens with zero attached hydrogens (tertiary/aromatic N) is 3. The van der Waals surface area contributed by atoms with E-state index in [1.807, 2.05) is 6.07 Å². The highest BCUT2D eigenvalue weighted by Gasteiger charge is 2.22. The van der Waals surface area contributed by atoms with E-state index >= 15 is 0 Å². The van der Waals surface area contributed by atoms with Crippen LogP contribution in [0.1, 0.15) is 25.3 Å². The van der Waals surface area contributed by atoms with Crippen LogP contribution in [0.3, 0.4) is 0 Å². The van der Waals surface area contributed by atoms with Crippen molar-refractivity contribution in [3.8, 4) is 6.07 Å². The summed E-state index contributed by atoms with van der Waals surface area (Å²) in [5, 5.41) is 8.90. The normalized spacial score (nSPS) is 20.4. The second-order valence-corrected chi connectivity index (χ2v) is 5.59. The highest BCUT2D eigenvalue weighted by atomic mass is 15.2. The fourth-order valence-electron chi connectivity index (χ4n) is 2.94. The van der Waals surface area contributed by atoms with Crippen molar-refractivity contribution >= 4 is 11.4 Å². The zero-order valence-electron chi connectivity index (χ0n) is 12.5. The predicted octanol–water partition coefficient (Wildman–Crippen LogP) is 2.26. The number of nitrogens with two attached hydrogens (primary N) is 1. The Hall–Kier alpha value is -1.73. The highest BCUT2D eigenvalue weighted by Crippen LogP contribution is 2.26. The van der Waals surface area contributed by atoms with E-state index in [0.29, 0.717) is 12.5 Å². The molecule has 4 nitrogen and oxygen atoms in total. The van der Waals surface area contributed by atoms with Crippen LogP contribution < -0.4 is 10.6 Å². The Kier molecular flexibility index (Phi) is 4.86. The molecule has 0 amide bonds. The Morgan fingerprint density at radius 1 is 1.40 bits per heavy atom. The van der Waals surface area contributed by atoms with Gasteiger partial charge in [-0.1, -0.05) is 6.92 Å². The third kappa shape index (κ3) is 3.23. The minimum Gasteiger partial charge on any atom is -0.398 e. The van der Waals surface area contributed by atoms with Gasteiger partial charge in [-0.15, -0.1) is 0 Å². The fraction of sp³-hybridized carbons (Fsp3) is 0.562. The van der Waals surface area contributed by atoms with Crippen molar-refractivity contribution in [1.29, 1.82) is 5.26 Å². The van der Waals surface area contributed by atoms with Crippen LogP contribution in [-0.4, -0.2) is 37.6 Å². The number of hydrogen-bond acceptors (Lipinski definition) is 4. The molecule has 1 aromatic rings. The molecule has 1 aromatic carbocycles. The van der Waals surface area contributed by atoms with Crippen molar-refractivity contribution in [2.24, 2.45) is 0 Å². The number of rotatable bonds is 3. The lowest BCUT2D eigenvalue weighted by atomic mass is 10.1. The van der Waals surface area contributed by atoms with Gasteiger partial charge in [0, 0.05) is 30.5 Å². The molecule has 2 N–H and O–H groups in total. The average molecular weight is 272 g/mol. The summed E-state index contributed by atoms with van der Waals surface area (Å²) in [4.78, 5) is 4.88. The first kappa shape index (κ1) is 14.7. The Morgan fingerprint density at radius 2 is 2.20 bits per heavy atom. The maximum absolute atomic E-state index is 8.90. The molecule has 0 aliphatic carbocycles. The molecule has 1 aliphatic heterocycles. The molecule has 0 bridgehead atoms. The minimum absolute atomic E-state index is 0.379. The molecule has 1 heterocycles. The topological polar surface area (TPSA) is 56.3 Å². The van der Waals surface area contributed by atoms with Crippen molar-refractivity contribution in [2.45, 2.75) is 32.2 Å². The van der Waals surface area contributed by atoms with E-state index in [1.54, 1.807) is 0 Å². The molecule has 1 aliphatic rings. The summed E-state index contributed by atoms with van der Waals surface area (Å²) < 4.78 is 0. The van der Waals surface area contributed by atoms with E-state index in [0.717, 1.165) is 37.3 Å². The van der Waals surface area contributed by atoms with Crippen LogP contribution >= 0.6 is 0 Å². The first-order chi connectivity index (χ1) is 9.65. The van der Waals surface area contributed by atoms with Gasteiger partial charge in [0.25, 0.3) is 0 Å². The molecule has 1 fully saturated rings. The number of nitriles is 1. The molecule has 0 spiro atoms. The molecule has 1 unspecified atom stereocenters. The number of hydrogen-bond donors (Lipinski definition) is 1. The maximum Gasteiger partial charge on any atom is 0.0670 e. The smallest absolute Gasteiger partial charge is 0.0670 e. The maximum atomic E-state index is 8.90. The van der Waals surface area contributed by atoms with Crippen LogP contribution in [0.2, 0.25) is 0 Å². The SMILES string of the molecule is CCC1CN(C)CCCN1c1ccc(N)c(CC#N)c1. The standard InChI is InChI=1S/C16H24N4/c1-3-14-12-19(2)9-4-10-20(14)15-5-6-16(18)13(11-15)7-8-17/h5-6,11,14H,3-4,7,9-10,12,18H2,1-2H3. The van der Waals surface area contributed by atoms with E-state index in [2.05, 4.69) is 42.0 Å². The van der Waals surface area contributed by atoms with E-state index in [9.17, 15) is 0 Å². The van der Waals surface area contributed by atoms with Gasteiger partial charge in [0.15, 0.2) is 0 Å². The number of anilines is 2. The lowest BCUT2D eigenvalue weighted by Crippen LogP contribution is -2.39. The summed E-state index contributed by atoms with van der Waals surface area (Å²) >= 11 is 0. The molecule has 4 heteroatoms.